The highest BCUT2D eigenvalue weighted by Gasteiger charge is 2.10. The molecule has 0 amide bonds. The van der Waals surface area contributed by atoms with Crippen LogP contribution in [0.3, 0.4) is 0 Å². The smallest absolute Gasteiger partial charge is 0.0722 e. The van der Waals surface area contributed by atoms with E-state index in [2.05, 4.69) is 23.3 Å². The fourth-order valence-corrected chi connectivity index (χ4v) is 2.66. The Bertz CT molecular complexity index is 734. The molecule has 0 aliphatic heterocycles. The van der Waals surface area contributed by atoms with Crippen molar-refractivity contribution in [2.75, 3.05) is 5.32 Å². The fraction of sp³-hybridized carbons (Fsp3) is 0.118. The molecule has 1 unspecified atom stereocenters. The Balaban J connectivity index is 1.96. The van der Waals surface area contributed by atoms with Gasteiger partial charge in [0.15, 0.2) is 0 Å². The number of hydrogen-bond donors (Lipinski definition) is 1. The Morgan fingerprint density at radius 3 is 2.60 bits per heavy atom. The Kier molecular flexibility index (Phi) is 3.57. The topological polar surface area (TPSA) is 24.9 Å². The molecular weight excluding hydrogens is 268 g/mol. The third-order valence-electron chi connectivity index (χ3n) is 3.39. The normalized spacial score (nSPS) is 12.3. The maximum Gasteiger partial charge on any atom is 0.0722 e. The van der Waals surface area contributed by atoms with Crippen LogP contribution < -0.4 is 5.32 Å². The number of rotatable bonds is 3. The van der Waals surface area contributed by atoms with Gasteiger partial charge in [-0.3, -0.25) is 4.98 Å². The molecule has 0 aliphatic carbocycles. The molecule has 1 heterocycles. The van der Waals surface area contributed by atoms with Gasteiger partial charge in [-0.1, -0.05) is 48.0 Å². The molecule has 20 heavy (non-hydrogen) atoms. The van der Waals surface area contributed by atoms with E-state index in [0.29, 0.717) is 0 Å². The fourth-order valence-electron chi connectivity index (χ4n) is 2.36. The van der Waals surface area contributed by atoms with E-state index in [0.717, 1.165) is 27.2 Å². The number of para-hydroxylation sites is 1. The lowest BCUT2D eigenvalue weighted by Gasteiger charge is -2.18. The van der Waals surface area contributed by atoms with E-state index < -0.39 is 0 Å². The highest BCUT2D eigenvalue weighted by molar-refractivity contribution is 6.31. The number of benzene rings is 2. The molecule has 0 spiro atoms. The average molecular weight is 283 g/mol. The van der Waals surface area contributed by atoms with Gasteiger partial charge in [-0.15, -0.1) is 0 Å². The van der Waals surface area contributed by atoms with Crippen LogP contribution in [0.5, 0.6) is 0 Å². The van der Waals surface area contributed by atoms with Gasteiger partial charge in [0.25, 0.3) is 0 Å². The van der Waals surface area contributed by atoms with Gasteiger partial charge in [0.2, 0.25) is 0 Å². The largest absolute Gasteiger partial charge is 0.378 e. The minimum absolute atomic E-state index is 0.134. The summed E-state index contributed by atoms with van der Waals surface area (Å²) in [6.07, 6.45) is 1.82. The van der Waals surface area contributed by atoms with E-state index in [1.165, 1.54) is 0 Å². The summed E-state index contributed by atoms with van der Waals surface area (Å²) in [4.78, 5) is 4.37. The summed E-state index contributed by atoms with van der Waals surface area (Å²) in [6.45, 7) is 2.11. The molecular formula is C17H15ClN2. The monoisotopic (exact) mass is 282 g/mol. The first-order valence-electron chi connectivity index (χ1n) is 6.60. The Morgan fingerprint density at radius 1 is 1.00 bits per heavy atom. The second kappa shape index (κ2) is 5.51. The maximum absolute atomic E-state index is 6.25. The third-order valence-corrected chi connectivity index (χ3v) is 3.74. The summed E-state index contributed by atoms with van der Waals surface area (Å²) in [5.74, 6) is 0. The number of pyridine rings is 1. The van der Waals surface area contributed by atoms with Crippen LogP contribution in [-0.2, 0) is 0 Å². The maximum atomic E-state index is 6.25. The van der Waals surface area contributed by atoms with Crippen molar-refractivity contribution < 1.29 is 0 Å². The Labute approximate surface area is 123 Å². The van der Waals surface area contributed by atoms with Crippen molar-refractivity contribution in [2.45, 2.75) is 13.0 Å². The Hall–Kier alpha value is -2.06. The highest BCUT2D eigenvalue weighted by atomic mass is 35.5. The van der Waals surface area contributed by atoms with Crippen molar-refractivity contribution in [3.8, 4) is 0 Å². The van der Waals surface area contributed by atoms with E-state index in [9.17, 15) is 0 Å². The predicted molar refractivity (Wildman–Crippen MR) is 85.2 cm³/mol. The Morgan fingerprint density at radius 2 is 1.75 bits per heavy atom. The van der Waals surface area contributed by atoms with E-state index in [1.54, 1.807) is 0 Å². The molecule has 0 saturated carbocycles. The van der Waals surface area contributed by atoms with Gasteiger partial charge in [0.1, 0.15) is 0 Å². The zero-order valence-corrected chi connectivity index (χ0v) is 11.9. The number of aromatic nitrogens is 1. The van der Waals surface area contributed by atoms with Crippen molar-refractivity contribution in [1.82, 2.24) is 4.98 Å². The number of fused-ring (bicyclic) bond motifs is 1. The summed E-state index contributed by atoms with van der Waals surface area (Å²) >= 11 is 6.25. The van der Waals surface area contributed by atoms with Gasteiger partial charge in [0, 0.05) is 22.3 Å². The number of nitrogens with zero attached hydrogens (tertiary/aromatic N) is 1. The van der Waals surface area contributed by atoms with Gasteiger partial charge < -0.3 is 5.32 Å². The van der Waals surface area contributed by atoms with E-state index in [-0.39, 0.29) is 6.04 Å². The van der Waals surface area contributed by atoms with Gasteiger partial charge >= 0.3 is 0 Å². The molecule has 2 nitrogen and oxygen atoms in total. The lowest BCUT2D eigenvalue weighted by Crippen LogP contribution is -2.07. The quantitative estimate of drug-likeness (QED) is 0.726. The van der Waals surface area contributed by atoms with Crippen molar-refractivity contribution in [3.63, 3.8) is 0 Å². The number of halogens is 1. The minimum atomic E-state index is 0.134. The summed E-state index contributed by atoms with van der Waals surface area (Å²) < 4.78 is 0. The predicted octanol–water partition coefficient (Wildman–Crippen LogP) is 5.06. The molecule has 1 atom stereocenters. The first-order valence-corrected chi connectivity index (χ1v) is 6.98. The van der Waals surface area contributed by atoms with Crippen LogP contribution in [0.25, 0.3) is 10.9 Å². The van der Waals surface area contributed by atoms with Crippen molar-refractivity contribution in [2.24, 2.45) is 0 Å². The number of nitrogens with one attached hydrogen (secondary N) is 1. The first-order chi connectivity index (χ1) is 9.75. The lowest BCUT2D eigenvalue weighted by molar-refractivity contribution is 0.887. The molecule has 0 saturated heterocycles. The van der Waals surface area contributed by atoms with Crippen molar-refractivity contribution in [1.29, 1.82) is 0 Å². The van der Waals surface area contributed by atoms with Gasteiger partial charge in [0.05, 0.1) is 11.6 Å². The molecule has 3 aromatic rings. The molecule has 0 radical (unpaired) electrons. The number of hydrogen-bond acceptors (Lipinski definition) is 2. The van der Waals surface area contributed by atoms with Crippen molar-refractivity contribution in [3.05, 3.63) is 71.4 Å². The van der Waals surface area contributed by atoms with Gasteiger partial charge in [-0.05, 0) is 30.7 Å². The van der Waals surface area contributed by atoms with Crippen LogP contribution in [0, 0.1) is 0 Å². The van der Waals surface area contributed by atoms with Crippen LogP contribution in [-0.4, -0.2) is 4.98 Å². The minimum Gasteiger partial charge on any atom is -0.378 e. The zero-order valence-electron chi connectivity index (χ0n) is 11.2. The molecule has 3 heteroatoms. The van der Waals surface area contributed by atoms with Crippen LogP contribution in [0.1, 0.15) is 18.5 Å². The number of anilines is 1. The molecule has 2 aromatic carbocycles. The zero-order chi connectivity index (χ0) is 13.9. The summed E-state index contributed by atoms with van der Waals surface area (Å²) in [5.41, 5.74) is 3.15. The molecule has 0 fully saturated rings. The lowest BCUT2D eigenvalue weighted by atomic mass is 10.1. The van der Waals surface area contributed by atoms with Gasteiger partial charge in [-0.25, -0.2) is 0 Å². The highest BCUT2D eigenvalue weighted by Crippen LogP contribution is 2.28. The molecule has 1 N–H and O–H groups in total. The molecule has 100 valence electrons. The second-order valence-electron chi connectivity index (χ2n) is 4.76. The molecule has 3 rings (SSSR count). The standard InChI is InChI=1S/C17H15ClN2/c1-12(13-6-2-4-8-15(13)18)20-17-10-11-19-16-9-5-3-7-14(16)17/h2-12H,1H3,(H,19,20). The van der Waals surface area contributed by atoms with Crippen LogP contribution in [0.4, 0.5) is 5.69 Å². The molecule has 1 aromatic heterocycles. The first kappa shape index (κ1) is 12.9. The summed E-state index contributed by atoms with van der Waals surface area (Å²) in [5, 5.41) is 5.42. The summed E-state index contributed by atoms with van der Waals surface area (Å²) in [6, 6.07) is 18.1. The molecule has 0 aliphatic rings. The summed E-state index contributed by atoms with van der Waals surface area (Å²) in [7, 11) is 0. The SMILES string of the molecule is CC(Nc1ccnc2ccccc12)c1ccccc1Cl. The van der Waals surface area contributed by atoms with Crippen LogP contribution in [0.2, 0.25) is 5.02 Å². The van der Waals surface area contributed by atoms with Crippen LogP contribution in [0.15, 0.2) is 60.8 Å². The molecule has 0 bridgehead atoms. The average Bonchev–Trinajstić information content (AvgIpc) is 2.48. The van der Waals surface area contributed by atoms with E-state index in [4.69, 9.17) is 11.6 Å². The van der Waals surface area contributed by atoms with E-state index >= 15 is 0 Å². The second-order valence-corrected chi connectivity index (χ2v) is 5.17. The van der Waals surface area contributed by atoms with E-state index in [1.807, 2.05) is 54.7 Å². The van der Waals surface area contributed by atoms with Crippen LogP contribution >= 0.6 is 11.6 Å². The van der Waals surface area contributed by atoms with Crippen molar-refractivity contribution >= 4 is 28.2 Å². The third kappa shape index (κ3) is 2.47. The van der Waals surface area contributed by atoms with Gasteiger partial charge in [-0.2, -0.15) is 0 Å².